The third-order valence-corrected chi connectivity index (χ3v) is 2.74. The van der Waals surface area contributed by atoms with Gasteiger partial charge in [0.05, 0.1) is 6.42 Å². The molecule has 0 aromatic carbocycles. The summed E-state index contributed by atoms with van der Waals surface area (Å²) in [7, 11) is 0. The summed E-state index contributed by atoms with van der Waals surface area (Å²) >= 11 is 0. The molecule has 116 valence electrons. The molecule has 0 saturated heterocycles. The van der Waals surface area contributed by atoms with Gasteiger partial charge in [-0.25, -0.2) is 4.79 Å². The number of aromatic nitrogens is 2. The van der Waals surface area contributed by atoms with Crippen LogP contribution in [0.25, 0.3) is 0 Å². The number of carbonyl (C=O) groups excluding carboxylic acids is 1. The molecule has 1 aromatic rings. The van der Waals surface area contributed by atoms with Crippen molar-refractivity contribution in [1.82, 2.24) is 14.5 Å². The number of aromatic amines is 1. The number of nitrogens with one attached hydrogen (secondary N) is 1. The molecule has 0 aliphatic carbocycles. The molecule has 8 heteroatoms. The van der Waals surface area contributed by atoms with Crippen molar-refractivity contribution >= 4 is 11.9 Å². The summed E-state index contributed by atoms with van der Waals surface area (Å²) in [5.41, 5.74) is -1.20. The van der Waals surface area contributed by atoms with Crippen LogP contribution in [0.2, 0.25) is 0 Å². The molecule has 1 rings (SSSR count). The SMILES string of the molecule is CC(C)CN(CCC(=O)O)C(=O)Cn1ccc(=O)[nH]c1=O. The van der Waals surface area contributed by atoms with Crippen LogP contribution in [0.5, 0.6) is 0 Å². The van der Waals surface area contributed by atoms with Crippen molar-refractivity contribution in [2.75, 3.05) is 13.1 Å². The van der Waals surface area contributed by atoms with Crippen LogP contribution in [-0.2, 0) is 16.1 Å². The summed E-state index contributed by atoms with van der Waals surface area (Å²) in [6.45, 7) is 4.08. The number of rotatable bonds is 7. The van der Waals surface area contributed by atoms with Crippen molar-refractivity contribution in [3.8, 4) is 0 Å². The van der Waals surface area contributed by atoms with Crippen molar-refractivity contribution in [3.05, 3.63) is 33.1 Å². The van der Waals surface area contributed by atoms with Crippen LogP contribution in [0.4, 0.5) is 0 Å². The summed E-state index contributed by atoms with van der Waals surface area (Å²) < 4.78 is 1.08. The van der Waals surface area contributed by atoms with Gasteiger partial charge in [-0.1, -0.05) is 13.8 Å². The van der Waals surface area contributed by atoms with Crippen LogP contribution in [-0.4, -0.2) is 44.5 Å². The molecule has 1 amide bonds. The third-order valence-electron chi connectivity index (χ3n) is 2.74. The normalized spacial score (nSPS) is 10.6. The largest absolute Gasteiger partial charge is 0.481 e. The fraction of sp³-hybridized carbons (Fsp3) is 0.538. The van der Waals surface area contributed by atoms with E-state index in [9.17, 15) is 19.2 Å². The molecule has 0 bridgehead atoms. The first-order valence-corrected chi connectivity index (χ1v) is 6.59. The second-order valence-corrected chi connectivity index (χ2v) is 5.12. The molecule has 8 nitrogen and oxygen atoms in total. The Morgan fingerprint density at radius 1 is 1.38 bits per heavy atom. The number of nitrogens with zero attached hydrogens (tertiary/aromatic N) is 2. The van der Waals surface area contributed by atoms with Crippen LogP contribution in [0.1, 0.15) is 20.3 Å². The highest BCUT2D eigenvalue weighted by atomic mass is 16.4. The van der Waals surface area contributed by atoms with E-state index in [4.69, 9.17) is 5.11 Å². The quantitative estimate of drug-likeness (QED) is 0.704. The Morgan fingerprint density at radius 2 is 2.05 bits per heavy atom. The van der Waals surface area contributed by atoms with Crippen LogP contribution in [0.15, 0.2) is 21.9 Å². The molecule has 0 saturated carbocycles. The summed E-state index contributed by atoms with van der Waals surface area (Å²) in [6.07, 6.45) is 1.09. The van der Waals surface area contributed by atoms with Gasteiger partial charge in [-0.2, -0.15) is 0 Å². The molecule has 0 spiro atoms. The number of hydrogen-bond donors (Lipinski definition) is 2. The van der Waals surface area contributed by atoms with Crippen molar-refractivity contribution in [2.45, 2.75) is 26.8 Å². The van der Waals surface area contributed by atoms with E-state index in [1.54, 1.807) is 0 Å². The van der Waals surface area contributed by atoms with Crippen molar-refractivity contribution < 1.29 is 14.7 Å². The van der Waals surface area contributed by atoms with Crippen molar-refractivity contribution in [1.29, 1.82) is 0 Å². The monoisotopic (exact) mass is 297 g/mol. The van der Waals surface area contributed by atoms with Gasteiger partial charge in [-0.05, 0) is 5.92 Å². The zero-order valence-corrected chi connectivity index (χ0v) is 12.0. The van der Waals surface area contributed by atoms with E-state index >= 15 is 0 Å². The van der Waals surface area contributed by atoms with E-state index in [-0.39, 0.29) is 31.3 Å². The van der Waals surface area contributed by atoms with E-state index in [0.29, 0.717) is 6.54 Å². The molecular weight excluding hydrogens is 278 g/mol. The van der Waals surface area contributed by atoms with Gasteiger partial charge in [0.25, 0.3) is 5.56 Å². The van der Waals surface area contributed by atoms with Crippen LogP contribution in [0.3, 0.4) is 0 Å². The highest BCUT2D eigenvalue weighted by Crippen LogP contribution is 2.02. The Kier molecular flexibility index (Phi) is 5.89. The number of H-pyrrole nitrogens is 1. The van der Waals surface area contributed by atoms with E-state index in [1.165, 1.54) is 11.1 Å². The Bertz CT molecular complexity index is 617. The predicted octanol–water partition coefficient (Wildman–Crippen LogP) is -0.504. The highest BCUT2D eigenvalue weighted by molar-refractivity contribution is 5.76. The Hall–Kier alpha value is -2.38. The lowest BCUT2D eigenvalue weighted by Crippen LogP contribution is -2.40. The van der Waals surface area contributed by atoms with E-state index in [0.717, 1.165) is 10.6 Å². The van der Waals surface area contributed by atoms with Gasteiger partial charge in [0.2, 0.25) is 5.91 Å². The number of hydrogen-bond acceptors (Lipinski definition) is 4. The van der Waals surface area contributed by atoms with Crippen molar-refractivity contribution in [3.63, 3.8) is 0 Å². The van der Waals surface area contributed by atoms with Crippen LogP contribution < -0.4 is 11.2 Å². The molecule has 21 heavy (non-hydrogen) atoms. The van der Waals surface area contributed by atoms with E-state index in [1.807, 2.05) is 13.8 Å². The lowest BCUT2D eigenvalue weighted by molar-refractivity contribution is -0.138. The van der Waals surface area contributed by atoms with Crippen molar-refractivity contribution in [2.24, 2.45) is 5.92 Å². The Balaban J connectivity index is 2.81. The molecule has 0 unspecified atom stereocenters. The lowest BCUT2D eigenvalue weighted by Gasteiger charge is -2.24. The number of aliphatic carboxylic acids is 1. The zero-order valence-electron chi connectivity index (χ0n) is 12.0. The topological polar surface area (TPSA) is 112 Å². The molecule has 0 aliphatic heterocycles. The maximum absolute atomic E-state index is 12.2. The summed E-state index contributed by atoms with van der Waals surface area (Å²) in [4.78, 5) is 48.8. The molecule has 0 aliphatic rings. The molecule has 0 atom stereocenters. The number of carbonyl (C=O) groups is 2. The standard InChI is InChI=1S/C13H19N3O5/c1-9(2)7-15(6-4-12(19)20)11(18)8-16-5-3-10(17)14-13(16)21/h3,5,9H,4,6-8H2,1-2H3,(H,19,20)(H,14,17,21). The smallest absolute Gasteiger partial charge is 0.328 e. The summed E-state index contributed by atoms with van der Waals surface area (Å²) in [5, 5.41) is 8.71. The molecule has 1 aromatic heterocycles. The van der Waals surface area contributed by atoms with Gasteiger partial charge >= 0.3 is 11.7 Å². The molecule has 2 N–H and O–H groups in total. The summed E-state index contributed by atoms with van der Waals surface area (Å²) in [5.74, 6) is -1.17. The van der Waals surface area contributed by atoms with Gasteiger partial charge < -0.3 is 10.0 Å². The predicted molar refractivity (Wildman–Crippen MR) is 75.0 cm³/mol. The lowest BCUT2D eigenvalue weighted by atomic mass is 10.2. The number of carboxylic acids is 1. The average molecular weight is 297 g/mol. The maximum Gasteiger partial charge on any atom is 0.328 e. The van der Waals surface area contributed by atoms with Gasteiger partial charge in [0, 0.05) is 25.4 Å². The first-order chi connectivity index (χ1) is 9.79. The first kappa shape index (κ1) is 16.7. The fourth-order valence-electron chi connectivity index (χ4n) is 1.80. The Labute approximate surface area is 121 Å². The first-order valence-electron chi connectivity index (χ1n) is 6.59. The second kappa shape index (κ2) is 7.41. The number of carboxylic acid groups (broad SMARTS) is 1. The zero-order chi connectivity index (χ0) is 16.0. The van der Waals surface area contributed by atoms with Gasteiger partial charge in [0.15, 0.2) is 0 Å². The van der Waals surface area contributed by atoms with Gasteiger partial charge in [-0.3, -0.25) is 23.9 Å². The van der Waals surface area contributed by atoms with E-state index < -0.39 is 17.2 Å². The van der Waals surface area contributed by atoms with Crippen LogP contribution in [0, 0.1) is 5.92 Å². The number of amides is 1. The minimum atomic E-state index is -0.988. The molecule has 0 radical (unpaired) electrons. The van der Waals surface area contributed by atoms with E-state index in [2.05, 4.69) is 4.98 Å². The van der Waals surface area contributed by atoms with Gasteiger partial charge in [-0.15, -0.1) is 0 Å². The molecule has 0 fully saturated rings. The fourth-order valence-corrected chi connectivity index (χ4v) is 1.80. The second-order valence-electron chi connectivity index (χ2n) is 5.12. The molecule has 1 heterocycles. The third kappa shape index (κ3) is 5.64. The maximum atomic E-state index is 12.2. The van der Waals surface area contributed by atoms with Crippen LogP contribution >= 0.6 is 0 Å². The summed E-state index contributed by atoms with van der Waals surface area (Å²) in [6, 6.07) is 1.15. The average Bonchev–Trinajstić information content (AvgIpc) is 2.37. The van der Waals surface area contributed by atoms with Gasteiger partial charge in [0.1, 0.15) is 6.54 Å². The minimum Gasteiger partial charge on any atom is -0.481 e. The highest BCUT2D eigenvalue weighted by Gasteiger charge is 2.17. The molecular formula is C13H19N3O5. The Morgan fingerprint density at radius 3 is 2.57 bits per heavy atom. The minimum absolute atomic E-state index is 0.0877.